The highest BCUT2D eigenvalue weighted by Crippen LogP contribution is 2.28. The third-order valence-corrected chi connectivity index (χ3v) is 4.79. The van der Waals surface area contributed by atoms with E-state index in [0.29, 0.717) is 13.1 Å². The Balaban J connectivity index is 1.72. The summed E-state index contributed by atoms with van der Waals surface area (Å²) in [5.74, 6) is 0. The first-order chi connectivity index (χ1) is 11.0. The topological polar surface area (TPSA) is 44.4 Å². The van der Waals surface area contributed by atoms with E-state index in [1.54, 1.807) is 0 Å². The molecule has 128 valence electrons. The van der Waals surface area contributed by atoms with E-state index >= 15 is 0 Å². The molecule has 0 spiro atoms. The number of urea groups is 1. The average molecular weight is 338 g/mol. The minimum atomic E-state index is -0.206. The van der Waals surface area contributed by atoms with Crippen molar-refractivity contribution in [1.82, 2.24) is 15.5 Å². The number of benzene rings is 1. The lowest BCUT2D eigenvalue weighted by molar-refractivity contribution is 0.219. The second kappa shape index (κ2) is 8.55. The fourth-order valence-corrected chi connectivity index (χ4v) is 3.37. The van der Waals surface area contributed by atoms with Crippen molar-refractivity contribution in [2.75, 3.05) is 32.7 Å². The molecule has 0 unspecified atom stereocenters. The Morgan fingerprint density at radius 3 is 2.57 bits per heavy atom. The van der Waals surface area contributed by atoms with Crippen molar-refractivity contribution < 1.29 is 4.79 Å². The van der Waals surface area contributed by atoms with Gasteiger partial charge < -0.3 is 15.5 Å². The minimum absolute atomic E-state index is 0.109. The number of rotatable bonds is 6. The highest BCUT2D eigenvalue weighted by Gasteiger charge is 2.23. The third kappa shape index (κ3) is 5.70. The Morgan fingerprint density at radius 2 is 1.87 bits per heavy atom. The van der Waals surface area contributed by atoms with Gasteiger partial charge >= 0.3 is 6.03 Å². The van der Waals surface area contributed by atoms with Crippen LogP contribution in [0.2, 0.25) is 5.02 Å². The first-order valence-corrected chi connectivity index (χ1v) is 8.86. The smallest absolute Gasteiger partial charge is 0.314 e. The van der Waals surface area contributed by atoms with Gasteiger partial charge in [-0.15, -0.1) is 0 Å². The molecule has 0 aromatic heterocycles. The largest absolute Gasteiger partial charge is 0.337 e. The Kier molecular flexibility index (Phi) is 6.72. The van der Waals surface area contributed by atoms with E-state index in [1.807, 2.05) is 24.3 Å². The third-order valence-electron chi connectivity index (χ3n) is 4.46. The molecule has 1 aromatic rings. The Bertz CT molecular complexity index is 513. The van der Waals surface area contributed by atoms with Crippen LogP contribution >= 0.6 is 11.6 Å². The fourth-order valence-electron chi connectivity index (χ4n) is 2.98. The zero-order valence-electron chi connectivity index (χ0n) is 14.2. The Morgan fingerprint density at radius 1 is 1.17 bits per heavy atom. The normalized spacial score (nSPS) is 16.1. The molecule has 0 saturated carbocycles. The van der Waals surface area contributed by atoms with Gasteiger partial charge in [0.25, 0.3) is 0 Å². The van der Waals surface area contributed by atoms with Gasteiger partial charge in [-0.3, -0.25) is 0 Å². The lowest BCUT2D eigenvalue weighted by Crippen LogP contribution is -2.45. The molecule has 0 atom stereocenters. The van der Waals surface area contributed by atoms with Crippen LogP contribution in [0.15, 0.2) is 24.3 Å². The molecule has 1 saturated heterocycles. The summed E-state index contributed by atoms with van der Waals surface area (Å²) in [6, 6.07) is 7.68. The summed E-state index contributed by atoms with van der Waals surface area (Å²) < 4.78 is 0. The van der Waals surface area contributed by atoms with E-state index in [4.69, 9.17) is 11.6 Å². The van der Waals surface area contributed by atoms with Gasteiger partial charge in [-0.1, -0.05) is 50.1 Å². The molecule has 2 amide bonds. The van der Waals surface area contributed by atoms with E-state index < -0.39 is 0 Å². The number of amides is 2. The van der Waals surface area contributed by atoms with E-state index in [-0.39, 0.29) is 11.4 Å². The van der Waals surface area contributed by atoms with Crippen molar-refractivity contribution in [3.63, 3.8) is 0 Å². The molecule has 1 heterocycles. The minimum Gasteiger partial charge on any atom is -0.337 e. The van der Waals surface area contributed by atoms with Crippen molar-refractivity contribution >= 4 is 17.6 Å². The summed E-state index contributed by atoms with van der Waals surface area (Å²) in [6.07, 6.45) is 3.89. The first-order valence-electron chi connectivity index (χ1n) is 8.48. The molecule has 4 nitrogen and oxygen atoms in total. The molecule has 23 heavy (non-hydrogen) atoms. The molecule has 1 aliphatic rings. The number of carbonyl (C=O) groups excluding carboxylic acids is 1. The Hall–Kier alpha value is -1.26. The number of nitrogens with one attached hydrogen (secondary N) is 2. The summed E-state index contributed by atoms with van der Waals surface area (Å²) >= 11 is 6.26. The molecule has 0 bridgehead atoms. The molecule has 2 N–H and O–H groups in total. The quantitative estimate of drug-likeness (QED) is 0.835. The predicted molar refractivity (Wildman–Crippen MR) is 96.2 cm³/mol. The van der Waals surface area contributed by atoms with Gasteiger partial charge in [-0.2, -0.15) is 0 Å². The van der Waals surface area contributed by atoms with Crippen LogP contribution in [-0.4, -0.2) is 43.7 Å². The molecule has 0 radical (unpaired) electrons. The number of likely N-dealkylation sites (tertiary alicyclic amines) is 1. The van der Waals surface area contributed by atoms with E-state index in [1.165, 1.54) is 19.3 Å². The first kappa shape index (κ1) is 18.1. The molecule has 5 heteroatoms. The van der Waals surface area contributed by atoms with Gasteiger partial charge in [0.15, 0.2) is 0 Å². The average Bonchev–Trinajstić information content (AvgIpc) is 2.54. The summed E-state index contributed by atoms with van der Waals surface area (Å²) in [7, 11) is 0. The van der Waals surface area contributed by atoms with Crippen LogP contribution in [0.3, 0.4) is 0 Å². The zero-order valence-corrected chi connectivity index (χ0v) is 15.0. The van der Waals surface area contributed by atoms with Crippen LogP contribution in [0.4, 0.5) is 4.79 Å². The summed E-state index contributed by atoms with van der Waals surface area (Å²) in [5, 5.41) is 6.64. The van der Waals surface area contributed by atoms with Gasteiger partial charge in [-0.05, 0) is 37.6 Å². The molecule has 1 fully saturated rings. The number of carbonyl (C=O) groups is 1. The van der Waals surface area contributed by atoms with Crippen LogP contribution in [0, 0.1) is 0 Å². The maximum absolute atomic E-state index is 12.0. The summed E-state index contributed by atoms with van der Waals surface area (Å²) in [4.78, 5) is 14.4. The highest BCUT2D eigenvalue weighted by molar-refractivity contribution is 6.31. The molecule has 1 aliphatic heterocycles. The lowest BCUT2D eigenvalue weighted by atomic mass is 9.84. The summed E-state index contributed by atoms with van der Waals surface area (Å²) in [5.41, 5.74) is 0.845. The Labute approximate surface area is 144 Å². The van der Waals surface area contributed by atoms with E-state index in [2.05, 4.69) is 29.4 Å². The van der Waals surface area contributed by atoms with E-state index in [9.17, 15) is 4.79 Å². The SMILES string of the molecule is CC(C)(CNC(=O)NCCN1CCCCC1)c1ccccc1Cl. The monoisotopic (exact) mass is 337 g/mol. The van der Waals surface area contributed by atoms with Crippen molar-refractivity contribution in [3.05, 3.63) is 34.9 Å². The molecule has 0 aliphatic carbocycles. The van der Waals surface area contributed by atoms with Crippen molar-refractivity contribution in [2.45, 2.75) is 38.5 Å². The van der Waals surface area contributed by atoms with Gasteiger partial charge in [0, 0.05) is 30.1 Å². The van der Waals surface area contributed by atoms with Crippen LogP contribution in [-0.2, 0) is 5.41 Å². The standard InChI is InChI=1S/C18H28ClN3O/c1-18(2,15-8-4-5-9-16(15)19)14-21-17(23)20-10-13-22-11-6-3-7-12-22/h4-5,8-9H,3,6-7,10-14H2,1-2H3,(H2,20,21,23). The van der Waals surface area contributed by atoms with Crippen molar-refractivity contribution in [2.24, 2.45) is 0 Å². The summed E-state index contributed by atoms with van der Waals surface area (Å²) in [6.45, 7) is 8.65. The number of halogens is 1. The highest BCUT2D eigenvalue weighted by atomic mass is 35.5. The van der Waals surface area contributed by atoms with Gasteiger partial charge in [0.2, 0.25) is 0 Å². The zero-order chi connectivity index (χ0) is 16.7. The van der Waals surface area contributed by atoms with Gasteiger partial charge in [0.1, 0.15) is 0 Å². The number of hydrogen-bond acceptors (Lipinski definition) is 2. The molecule has 1 aromatic carbocycles. The van der Waals surface area contributed by atoms with Crippen LogP contribution < -0.4 is 10.6 Å². The van der Waals surface area contributed by atoms with Crippen molar-refractivity contribution in [1.29, 1.82) is 0 Å². The lowest BCUT2D eigenvalue weighted by Gasteiger charge is -2.28. The number of hydrogen-bond donors (Lipinski definition) is 2. The maximum Gasteiger partial charge on any atom is 0.314 e. The molecular formula is C18H28ClN3O. The van der Waals surface area contributed by atoms with Gasteiger partial charge in [0.05, 0.1) is 0 Å². The predicted octanol–water partition coefficient (Wildman–Crippen LogP) is 3.40. The van der Waals surface area contributed by atoms with E-state index in [0.717, 1.165) is 30.2 Å². The number of piperidine rings is 1. The second-order valence-corrected chi connectivity index (χ2v) is 7.28. The van der Waals surface area contributed by atoms with Crippen LogP contribution in [0.5, 0.6) is 0 Å². The molecular weight excluding hydrogens is 310 g/mol. The van der Waals surface area contributed by atoms with Crippen LogP contribution in [0.1, 0.15) is 38.7 Å². The number of nitrogens with zero attached hydrogens (tertiary/aromatic N) is 1. The molecule has 2 rings (SSSR count). The van der Waals surface area contributed by atoms with Crippen LogP contribution in [0.25, 0.3) is 0 Å². The maximum atomic E-state index is 12.0. The van der Waals surface area contributed by atoms with Gasteiger partial charge in [-0.25, -0.2) is 4.79 Å². The second-order valence-electron chi connectivity index (χ2n) is 6.88. The van der Waals surface area contributed by atoms with Crippen molar-refractivity contribution in [3.8, 4) is 0 Å². The fraction of sp³-hybridized carbons (Fsp3) is 0.611.